The zero-order valence-corrected chi connectivity index (χ0v) is 12.2. The highest BCUT2D eigenvalue weighted by atomic mass is 35.5. The van der Waals surface area contributed by atoms with Crippen molar-refractivity contribution >= 4 is 12.4 Å². The lowest BCUT2D eigenvalue weighted by molar-refractivity contribution is 0.267. The van der Waals surface area contributed by atoms with E-state index in [0.717, 1.165) is 43.2 Å². The van der Waals surface area contributed by atoms with Gasteiger partial charge in [-0.1, -0.05) is 35.5 Å². The van der Waals surface area contributed by atoms with Crippen LogP contribution in [0.15, 0.2) is 40.9 Å². The van der Waals surface area contributed by atoms with Crippen molar-refractivity contribution in [2.45, 2.75) is 13.0 Å². The van der Waals surface area contributed by atoms with E-state index in [2.05, 4.69) is 10.1 Å². The number of nitrogens with zero attached hydrogens (tertiary/aromatic N) is 2. The van der Waals surface area contributed by atoms with Crippen LogP contribution in [0.5, 0.6) is 0 Å². The van der Waals surface area contributed by atoms with Crippen molar-refractivity contribution in [3.05, 3.63) is 42.2 Å². The summed E-state index contributed by atoms with van der Waals surface area (Å²) in [6, 6.07) is 12.1. The highest BCUT2D eigenvalue weighted by Gasteiger charge is 2.22. The summed E-state index contributed by atoms with van der Waals surface area (Å²) in [7, 11) is 0. The van der Waals surface area contributed by atoms with Crippen molar-refractivity contribution in [2.24, 2.45) is 11.7 Å². The second-order valence-corrected chi connectivity index (χ2v) is 5.17. The van der Waals surface area contributed by atoms with E-state index in [1.54, 1.807) is 0 Å². The summed E-state index contributed by atoms with van der Waals surface area (Å²) in [4.78, 5) is 2.38. The molecule has 1 aromatic carbocycles. The number of likely N-dealkylation sites (tertiary alicyclic amines) is 1. The number of aromatic nitrogens is 1. The van der Waals surface area contributed by atoms with Gasteiger partial charge in [-0.2, -0.15) is 0 Å². The van der Waals surface area contributed by atoms with Gasteiger partial charge in [0.15, 0.2) is 5.76 Å². The Hall–Kier alpha value is -1.36. The first kappa shape index (κ1) is 15.0. The van der Waals surface area contributed by atoms with Crippen LogP contribution < -0.4 is 5.73 Å². The van der Waals surface area contributed by atoms with Crippen molar-refractivity contribution in [3.8, 4) is 11.3 Å². The number of rotatable bonds is 4. The maximum Gasteiger partial charge on any atom is 0.151 e. The van der Waals surface area contributed by atoms with E-state index in [0.29, 0.717) is 5.92 Å². The van der Waals surface area contributed by atoms with Crippen molar-refractivity contribution < 1.29 is 4.52 Å². The molecule has 2 N–H and O–H groups in total. The number of hydrogen-bond acceptors (Lipinski definition) is 4. The van der Waals surface area contributed by atoms with Crippen LogP contribution in [0.4, 0.5) is 0 Å². The third kappa shape index (κ3) is 3.39. The monoisotopic (exact) mass is 293 g/mol. The number of nitrogens with two attached hydrogens (primary N) is 1. The number of hydrogen-bond donors (Lipinski definition) is 1. The lowest BCUT2D eigenvalue weighted by atomic mass is 10.1. The van der Waals surface area contributed by atoms with Gasteiger partial charge < -0.3 is 10.3 Å². The molecule has 4 nitrogen and oxygen atoms in total. The smallest absolute Gasteiger partial charge is 0.151 e. The SMILES string of the molecule is Cl.NCC1CCN(Cc2cc(-c3ccccc3)no2)C1. The van der Waals surface area contributed by atoms with Crippen LogP contribution in [0.3, 0.4) is 0 Å². The largest absolute Gasteiger partial charge is 0.359 e. The first-order valence-corrected chi connectivity index (χ1v) is 6.78. The third-order valence-electron chi connectivity index (χ3n) is 3.71. The van der Waals surface area contributed by atoms with Gasteiger partial charge in [-0.25, -0.2) is 0 Å². The molecule has 2 heterocycles. The van der Waals surface area contributed by atoms with Crippen LogP contribution in [0.1, 0.15) is 12.2 Å². The predicted octanol–water partition coefficient (Wildman–Crippen LogP) is 2.54. The molecule has 1 atom stereocenters. The van der Waals surface area contributed by atoms with Gasteiger partial charge in [0.1, 0.15) is 5.69 Å². The third-order valence-corrected chi connectivity index (χ3v) is 3.71. The minimum absolute atomic E-state index is 0. The summed E-state index contributed by atoms with van der Waals surface area (Å²) in [5, 5.41) is 4.14. The molecule has 108 valence electrons. The Morgan fingerprint density at radius 1 is 1.30 bits per heavy atom. The van der Waals surface area contributed by atoms with E-state index in [1.807, 2.05) is 36.4 Å². The Kier molecular flexibility index (Phi) is 5.17. The van der Waals surface area contributed by atoms with Crippen LogP contribution in [0.25, 0.3) is 11.3 Å². The average Bonchev–Trinajstić information content (AvgIpc) is 3.09. The van der Waals surface area contributed by atoms with E-state index in [4.69, 9.17) is 10.3 Å². The molecule has 0 radical (unpaired) electrons. The van der Waals surface area contributed by atoms with Gasteiger partial charge in [-0.3, -0.25) is 4.90 Å². The molecule has 0 saturated carbocycles. The van der Waals surface area contributed by atoms with Crippen LogP contribution >= 0.6 is 12.4 Å². The maximum absolute atomic E-state index is 5.71. The summed E-state index contributed by atoms with van der Waals surface area (Å²) in [5.41, 5.74) is 7.71. The Balaban J connectivity index is 0.00000147. The molecular weight excluding hydrogens is 274 g/mol. The Morgan fingerprint density at radius 3 is 2.80 bits per heavy atom. The molecule has 20 heavy (non-hydrogen) atoms. The second kappa shape index (κ2) is 6.88. The molecule has 1 saturated heterocycles. The molecule has 1 aliphatic rings. The van der Waals surface area contributed by atoms with Gasteiger partial charge in [0.05, 0.1) is 6.54 Å². The van der Waals surface area contributed by atoms with Gasteiger partial charge in [0, 0.05) is 18.2 Å². The summed E-state index contributed by atoms with van der Waals surface area (Å²) < 4.78 is 5.43. The van der Waals surface area contributed by atoms with Crippen molar-refractivity contribution in [2.75, 3.05) is 19.6 Å². The zero-order chi connectivity index (χ0) is 13.1. The summed E-state index contributed by atoms with van der Waals surface area (Å²) in [5.74, 6) is 1.56. The molecule has 0 spiro atoms. The van der Waals surface area contributed by atoms with Gasteiger partial charge in [-0.15, -0.1) is 12.4 Å². The van der Waals surface area contributed by atoms with E-state index in [1.165, 1.54) is 6.42 Å². The average molecular weight is 294 g/mol. The lowest BCUT2D eigenvalue weighted by Crippen LogP contribution is -2.22. The highest BCUT2D eigenvalue weighted by Crippen LogP contribution is 2.22. The van der Waals surface area contributed by atoms with E-state index >= 15 is 0 Å². The molecule has 0 amide bonds. The van der Waals surface area contributed by atoms with Crippen molar-refractivity contribution in [1.82, 2.24) is 10.1 Å². The summed E-state index contributed by atoms with van der Waals surface area (Å²) in [6.07, 6.45) is 1.19. The molecule has 1 unspecified atom stereocenters. The Labute approximate surface area is 125 Å². The van der Waals surface area contributed by atoms with Gasteiger partial charge in [-0.05, 0) is 25.4 Å². The molecule has 0 aliphatic carbocycles. The Morgan fingerprint density at radius 2 is 2.10 bits per heavy atom. The summed E-state index contributed by atoms with van der Waals surface area (Å²) >= 11 is 0. The minimum atomic E-state index is 0. The fraction of sp³-hybridized carbons (Fsp3) is 0.400. The molecule has 1 fully saturated rings. The van der Waals surface area contributed by atoms with Crippen molar-refractivity contribution in [1.29, 1.82) is 0 Å². The molecule has 1 aromatic heterocycles. The molecular formula is C15H20ClN3O. The fourth-order valence-corrected chi connectivity index (χ4v) is 2.60. The van der Waals surface area contributed by atoms with Crippen LogP contribution in [0.2, 0.25) is 0 Å². The molecule has 2 aromatic rings. The van der Waals surface area contributed by atoms with E-state index in [9.17, 15) is 0 Å². The lowest BCUT2D eigenvalue weighted by Gasteiger charge is -2.12. The molecule has 0 bridgehead atoms. The first-order chi connectivity index (χ1) is 9.35. The predicted molar refractivity (Wildman–Crippen MR) is 81.6 cm³/mol. The van der Waals surface area contributed by atoms with Crippen molar-refractivity contribution in [3.63, 3.8) is 0 Å². The normalized spacial score (nSPS) is 18.9. The molecule has 5 heteroatoms. The van der Waals surface area contributed by atoms with Crippen LogP contribution in [-0.2, 0) is 6.54 Å². The fourth-order valence-electron chi connectivity index (χ4n) is 2.60. The standard InChI is InChI=1S/C15H19N3O.ClH/c16-9-12-6-7-18(10-12)11-14-8-15(17-19-14)13-4-2-1-3-5-13;/h1-5,8,12H,6-7,9-11,16H2;1H. The Bertz CT molecular complexity index is 529. The topological polar surface area (TPSA) is 55.3 Å². The minimum Gasteiger partial charge on any atom is -0.359 e. The first-order valence-electron chi connectivity index (χ1n) is 6.78. The molecule has 3 rings (SSSR count). The van der Waals surface area contributed by atoms with Crippen LogP contribution in [0, 0.1) is 5.92 Å². The second-order valence-electron chi connectivity index (χ2n) is 5.17. The van der Waals surface area contributed by atoms with Crippen LogP contribution in [-0.4, -0.2) is 29.7 Å². The zero-order valence-electron chi connectivity index (χ0n) is 11.4. The number of benzene rings is 1. The van der Waals surface area contributed by atoms with Gasteiger partial charge >= 0.3 is 0 Å². The van der Waals surface area contributed by atoms with Gasteiger partial charge in [0.25, 0.3) is 0 Å². The highest BCUT2D eigenvalue weighted by molar-refractivity contribution is 5.85. The maximum atomic E-state index is 5.71. The van der Waals surface area contributed by atoms with Gasteiger partial charge in [0.2, 0.25) is 0 Å². The summed E-state index contributed by atoms with van der Waals surface area (Å²) in [6.45, 7) is 3.78. The van der Waals surface area contributed by atoms with E-state index < -0.39 is 0 Å². The molecule has 1 aliphatic heterocycles. The van der Waals surface area contributed by atoms with E-state index in [-0.39, 0.29) is 12.4 Å². The quantitative estimate of drug-likeness (QED) is 0.941. The number of halogens is 1.